The predicted octanol–water partition coefficient (Wildman–Crippen LogP) is 2.73. The van der Waals surface area contributed by atoms with Gasteiger partial charge < -0.3 is 30.3 Å². The molecule has 0 unspecified atom stereocenters. The van der Waals surface area contributed by atoms with Crippen LogP contribution in [0, 0.1) is 5.92 Å². The molecule has 0 radical (unpaired) electrons. The third-order valence-corrected chi connectivity index (χ3v) is 7.97. The zero-order valence-corrected chi connectivity index (χ0v) is 25.9. The number of carbonyl (C=O) groups excluding carboxylic acids is 4. The van der Waals surface area contributed by atoms with Crippen LogP contribution in [-0.4, -0.2) is 77.4 Å². The SMILES string of the molecule is COc1cc2cc(c1OC)-c1cncc(c1)C(=O)NC1(CC1)C(=O)N[C@H](CC(C)C)C(=O)NCCN(C(=O)c1cccnc1)C2. The van der Waals surface area contributed by atoms with Crippen molar-refractivity contribution in [2.75, 3.05) is 27.3 Å². The monoisotopic (exact) mass is 614 g/mol. The highest BCUT2D eigenvalue weighted by Gasteiger charge is 2.52. The van der Waals surface area contributed by atoms with Crippen LogP contribution in [0.2, 0.25) is 0 Å². The summed E-state index contributed by atoms with van der Waals surface area (Å²) in [7, 11) is 3.04. The minimum atomic E-state index is -1.11. The van der Waals surface area contributed by atoms with Gasteiger partial charge in [-0.15, -0.1) is 0 Å². The number of hydrogen-bond acceptors (Lipinski definition) is 8. The van der Waals surface area contributed by atoms with Gasteiger partial charge in [-0.3, -0.25) is 29.1 Å². The van der Waals surface area contributed by atoms with Crippen molar-refractivity contribution in [2.24, 2.45) is 5.92 Å². The van der Waals surface area contributed by atoms with E-state index in [-0.39, 0.29) is 42.9 Å². The first kappa shape index (κ1) is 31.4. The molecule has 1 spiro atoms. The molecule has 3 N–H and O–H groups in total. The van der Waals surface area contributed by atoms with E-state index in [1.54, 1.807) is 41.6 Å². The lowest BCUT2D eigenvalue weighted by Crippen LogP contribution is -2.56. The number of aromatic nitrogens is 2. The molecule has 1 aromatic carbocycles. The van der Waals surface area contributed by atoms with Crippen molar-refractivity contribution in [3.63, 3.8) is 0 Å². The molecule has 45 heavy (non-hydrogen) atoms. The first-order chi connectivity index (χ1) is 21.6. The first-order valence-electron chi connectivity index (χ1n) is 14.9. The number of hydrogen-bond donors (Lipinski definition) is 3. The summed E-state index contributed by atoms with van der Waals surface area (Å²) in [5, 5.41) is 8.66. The summed E-state index contributed by atoms with van der Waals surface area (Å²) in [6, 6.07) is 7.88. The number of benzene rings is 1. The molecule has 4 amide bonds. The van der Waals surface area contributed by atoms with Crippen molar-refractivity contribution in [2.45, 2.75) is 51.2 Å². The van der Waals surface area contributed by atoms with E-state index in [4.69, 9.17) is 9.47 Å². The van der Waals surface area contributed by atoms with Crippen LogP contribution in [0.4, 0.5) is 0 Å². The van der Waals surface area contributed by atoms with E-state index in [1.165, 1.54) is 26.6 Å². The topological polar surface area (TPSA) is 152 Å². The number of rotatable bonds is 5. The van der Waals surface area contributed by atoms with E-state index in [1.807, 2.05) is 19.9 Å². The molecule has 5 rings (SSSR count). The fourth-order valence-corrected chi connectivity index (χ4v) is 5.44. The fraction of sp³-hybridized carbons (Fsp3) is 0.394. The maximum Gasteiger partial charge on any atom is 0.255 e. The molecule has 12 heteroatoms. The summed E-state index contributed by atoms with van der Waals surface area (Å²) >= 11 is 0. The number of pyridine rings is 2. The maximum absolute atomic E-state index is 13.7. The van der Waals surface area contributed by atoms with Crippen molar-refractivity contribution in [1.29, 1.82) is 0 Å². The summed E-state index contributed by atoms with van der Waals surface area (Å²) in [4.78, 5) is 64.0. The summed E-state index contributed by atoms with van der Waals surface area (Å²) in [5.74, 6) is -0.526. The number of ether oxygens (including phenoxy) is 2. The quantitative estimate of drug-likeness (QED) is 0.397. The molecule has 3 heterocycles. The molecule has 1 saturated carbocycles. The molecule has 2 aromatic heterocycles. The van der Waals surface area contributed by atoms with Crippen molar-refractivity contribution in [1.82, 2.24) is 30.8 Å². The number of fused-ring (bicyclic) bond motifs is 5. The molecule has 1 aliphatic heterocycles. The van der Waals surface area contributed by atoms with Gasteiger partial charge in [0.15, 0.2) is 11.5 Å². The molecule has 0 saturated heterocycles. The Labute approximate surface area is 261 Å². The Morgan fingerprint density at radius 1 is 1.04 bits per heavy atom. The van der Waals surface area contributed by atoms with E-state index in [9.17, 15) is 19.2 Å². The second-order valence-electron chi connectivity index (χ2n) is 11.8. The normalized spacial score (nSPS) is 18.3. The number of methoxy groups -OCH3 is 2. The number of amides is 4. The average molecular weight is 615 g/mol. The Morgan fingerprint density at radius 3 is 2.49 bits per heavy atom. The van der Waals surface area contributed by atoms with Crippen LogP contribution < -0.4 is 25.4 Å². The van der Waals surface area contributed by atoms with Gasteiger partial charge in [-0.2, -0.15) is 0 Å². The molecule has 12 nitrogen and oxygen atoms in total. The van der Waals surface area contributed by atoms with Crippen LogP contribution in [0.1, 0.15) is 59.4 Å². The predicted molar refractivity (Wildman–Crippen MR) is 166 cm³/mol. The smallest absolute Gasteiger partial charge is 0.255 e. The molecule has 1 fully saturated rings. The van der Waals surface area contributed by atoms with Gasteiger partial charge in [0.25, 0.3) is 11.8 Å². The average Bonchev–Trinajstić information content (AvgIpc) is 3.83. The van der Waals surface area contributed by atoms with Crippen LogP contribution in [0.3, 0.4) is 0 Å². The highest BCUT2D eigenvalue weighted by molar-refractivity contribution is 6.02. The Kier molecular flexibility index (Phi) is 9.31. The van der Waals surface area contributed by atoms with E-state index in [0.717, 1.165) is 5.56 Å². The van der Waals surface area contributed by atoms with Gasteiger partial charge in [-0.05, 0) is 61.1 Å². The first-order valence-corrected chi connectivity index (χ1v) is 14.9. The van der Waals surface area contributed by atoms with Crippen molar-refractivity contribution >= 4 is 23.6 Å². The van der Waals surface area contributed by atoms with Gasteiger partial charge in [0.1, 0.15) is 11.6 Å². The molecular formula is C33H38N6O6. The Bertz CT molecular complexity index is 1590. The standard InChI is InChI=1S/C33H38N6O6/c1-20(2)12-26-30(41)36-10-11-39(31(42)22-6-5-9-34-16-22)19-21-13-25(28(45-4)27(14-21)44-3)23-15-24(18-35-17-23)29(40)38-33(7-8-33)32(43)37-26/h5-6,9,13-18,20,26H,7-8,10-12,19H2,1-4H3,(H,36,41)(H,37,43)(H,38,40)/t26-/m1/s1. The second-order valence-corrected chi connectivity index (χ2v) is 11.8. The van der Waals surface area contributed by atoms with Crippen LogP contribution in [-0.2, 0) is 16.1 Å². The fourth-order valence-electron chi connectivity index (χ4n) is 5.44. The van der Waals surface area contributed by atoms with Crippen molar-refractivity contribution in [3.8, 4) is 22.6 Å². The lowest BCUT2D eigenvalue weighted by atomic mass is 10.00. The highest BCUT2D eigenvalue weighted by Crippen LogP contribution is 2.40. The summed E-state index contributed by atoms with van der Waals surface area (Å²) in [5.41, 5.74) is 1.46. The van der Waals surface area contributed by atoms with E-state index < -0.39 is 23.4 Å². The van der Waals surface area contributed by atoms with E-state index in [2.05, 4.69) is 25.9 Å². The van der Waals surface area contributed by atoms with Gasteiger partial charge in [0.2, 0.25) is 11.8 Å². The largest absolute Gasteiger partial charge is 0.493 e. The van der Waals surface area contributed by atoms with Gasteiger partial charge in [-0.1, -0.05) is 13.8 Å². The van der Waals surface area contributed by atoms with Crippen LogP contribution in [0.5, 0.6) is 11.5 Å². The maximum atomic E-state index is 13.7. The van der Waals surface area contributed by atoms with Gasteiger partial charge in [0.05, 0.1) is 25.3 Å². The Hall–Kier alpha value is -5.00. The third kappa shape index (κ3) is 7.05. The zero-order chi connectivity index (χ0) is 32.1. The van der Waals surface area contributed by atoms with Crippen LogP contribution in [0.15, 0.2) is 55.1 Å². The summed E-state index contributed by atoms with van der Waals surface area (Å²) in [6.07, 6.45) is 7.44. The molecule has 236 valence electrons. The minimum Gasteiger partial charge on any atom is -0.493 e. The summed E-state index contributed by atoms with van der Waals surface area (Å²) < 4.78 is 11.4. The lowest BCUT2D eigenvalue weighted by molar-refractivity contribution is -0.130. The summed E-state index contributed by atoms with van der Waals surface area (Å²) in [6.45, 7) is 4.42. The molecule has 1 aliphatic carbocycles. The van der Waals surface area contributed by atoms with E-state index in [0.29, 0.717) is 47.5 Å². The molecule has 3 aromatic rings. The van der Waals surface area contributed by atoms with Crippen LogP contribution in [0.25, 0.3) is 11.1 Å². The Morgan fingerprint density at radius 2 is 1.82 bits per heavy atom. The lowest BCUT2D eigenvalue weighted by Gasteiger charge is -2.26. The van der Waals surface area contributed by atoms with Gasteiger partial charge in [0, 0.05) is 55.5 Å². The second kappa shape index (κ2) is 13.3. The van der Waals surface area contributed by atoms with Crippen molar-refractivity contribution < 1.29 is 28.7 Å². The van der Waals surface area contributed by atoms with Crippen molar-refractivity contribution in [3.05, 3.63) is 71.8 Å². The number of nitrogens with one attached hydrogen (secondary N) is 3. The third-order valence-electron chi connectivity index (χ3n) is 7.97. The molecule has 2 aliphatic rings. The highest BCUT2D eigenvalue weighted by atomic mass is 16.5. The number of nitrogens with zero attached hydrogens (tertiary/aromatic N) is 3. The van der Waals surface area contributed by atoms with E-state index >= 15 is 0 Å². The van der Waals surface area contributed by atoms with Crippen LogP contribution >= 0.6 is 0 Å². The molecule has 1 atom stereocenters. The van der Waals surface area contributed by atoms with Gasteiger partial charge in [-0.25, -0.2) is 0 Å². The number of carbonyl (C=O) groups is 4. The molecular weight excluding hydrogens is 576 g/mol. The zero-order valence-electron chi connectivity index (χ0n) is 25.9. The minimum absolute atomic E-state index is 0.111. The molecule has 4 bridgehead atoms. The Balaban J connectivity index is 1.58. The van der Waals surface area contributed by atoms with Gasteiger partial charge >= 0.3 is 0 Å².